The molecule has 0 saturated carbocycles. The molecule has 0 radical (unpaired) electrons. The molecule has 1 aromatic heterocycles. The van der Waals surface area contributed by atoms with Gasteiger partial charge in [-0.3, -0.25) is 0 Å². The number of hydrogen-bond donors (Lipinski definition) is 2. The minimum atomic E-state index is 0.222. The van der Waals surface area contributed by atoms with Crippen LogP contribution in [0.15, 0.2) is 18.3 Å². The van der Waals surface area contributed by atoms with Gasteiger partial charge in [-0.1, -0.05) is 13.8 Å². The number of aryl methyl sites for hydroxylation is 1. The molecule has 3 heteroatoms. The van der Waals surface area contributed by atoms with Crippen LogP contribution in [0.1, 0.15) is 25.8 Å². The monoisotopic (exact) mass is 207 g/mol. The van der Waals surface area contributed by atoms with Crippen molar-refractivity contribution in [1.29, 1.82) is 0 Å². The van der Waals surface area contributed by atoms with Crippen molar-refractivity contribution in [2.24, 2.45) is 11.1 Å². The van der Waals surface area contributed by atoms with Gasteiger partial charge < -0.3 is 11.1 Å². The number of nitrogens with zero attached hydrogens (tertiary/aromatic N) is 1. The first-order chi connectivity index (χ1) is 7.03. The first-order valence-electron chi connectivity index (χ1n) is 5.40. The third-order valence-electron chi connectivity index (χ3n) is 2.48. The Morgan fingerprint density at radius 3 is 2.80 bits per heavy atom. The molecule has 0 saturated heterocycles. The van der Waals surface area contributed by atoms with Crippen LogP contribution in [0.2, 0.25) is 0 Å². The Labute approximate surface area is 92.1 Å². The van der Waals surface area contributed by atoms with E-state index in [2.05, 4.69) is 37.1 Å². The molecule has 0 fully saturated rings. The number of nitrogens with one attached hydrogen (secondary N) is 1. The lowest BCUT2D eigenvalue weighted by molar-refractivity contribution is 0.365. The Bertz CT molecular complexity index is 307. The zero-order chi connectivity index (χ0) is 11.3. The van der Waals surface area contributed by atoms with Crippen LogP contribution in [0.3, 0.4) is 0 Å². The van der Waals surface area contributed by atoms with Gasteiger partial charge in [-0.25, -0.2) is 4.98 Å². The summed E-state index contributed by atoms with van der Waals surface area (Å²) in [6.45, 7) is 8.12. The molecule has 1 heterocycles. The van der Waals surface area contributed by atoms with E-state index in [0.29, 0.717) is 0 Å². The lowest BCUT2D eigenvalue weighted by Crippen LogP contribution is -2.26. The molecule has 0 amide bonds. The van der Waals surface area contributed by atoms with Crippen LogP contribution in [0.25, 0.3) is 0 Å². The number of rotatable bonds is 5. The smallest absolute Gasteiger partial charge is 0.126 e. The summed E-state index contributed by atoms with van der Waals surface area (Å²) in [6, 6.07) is 4.05. The van der Waals surface area contributed by atoms with E-state index in [1.807, 2.05) is 12.3 Å². The average Bonchev–Trinajstić information content (AvgIpc) is 2.15. The summed E-state index contributed by atoms with van der Waals surface area (Å²) in [4.78, 5) is 4.26. The molecule has 0 aromatic carbocycles. The predicted molar refractivity (Wildman–Crippen MR) is 64.9 cm³/mol. The molecule has 15 heavy (non-hydrogen) atoms. The molecule has 0 aliphatic rings. The molecule has 0 spiro atoms. The zero-order valence-electron chi connectivity index (χ0n) is 9.88. The van der Waals surface area contributed by atoms with E-state index < -0.39 is 0 Å². The second kappa shape index (κ2) is 5.12. The Morgan fingerprint density at radius 1 is 1.47 bits per heavy atom. The lowest BCUT2D eigenvalue weighted by atomic mass is 9.89. The summed E-state index contributed by atoms with van der Waals surface area (Å²) < 4.78 is 0. The van der Waals surface area contributed by atoms with Crippen LogP contribution in [-0.2, 0) is 0 Å². The van der Waals surface area contributed by atoms with Crippen molar-refractivity contribution < 1.29 is 0 Å². The minimum absolute atomic E-state index is 0.222. The molecular weight excluding hydrogens is 186 g/mol. The molecular formula is C12H21N3. The summed E-state index contributed by atoms with van der Waals surface area (Å²) in [5, 5.41) is 3.34. The summed E-state index contributed by atoms with van der Waals surface area (Å²) in [6.07, 6.45) is 2.85. The minimum Gasteiger partial charge on any atom is -0.370 e. The third-order valence-corrected chi connectivity index (χ3v) is 2.48. The third kappa shape index (κ3) is 4.30. The standard InChI is InChI=1S/C12H21N3/c1-10-4-7-14-11(8-10)15-9-12(2,3)5-6-13/h4,7-8H,5-6,9,13H2,1-3H3,(H,14,15). The second-order valence-electron chi connectivity index (χ2n) is 4.77. The highest BCUT2D eigenvalue weighted by Gasteiger charge is 2.16. The molecule has 0 atom stereocenters. The Morgan fingerprint density at radius 2 is 2.20 bits per heavy atom. The number of nitrogens with two attached hydrogens (primary N) is 1. The first-order valence-corrected chi connectivity index (χ1v) is 5.40. The van der Waals surface area contributed by atoms with E-state index in [1.165, 1.54) is 5.56 Å². The number of anilines is 1. The largest absolute Gasteiger partial charge is 0.370 e. The van der Waals surface area contributed by atoms with Crippen molar-refractivity contribution in [1.82, 2.24) is 4.98 Å². The lowest BCUT2D eigenvalue weighted by Gasteiger charge is -2.24. The van der Waals surface area contributed by atoms with Gasteiger partial charge in [0.2, 0.25) is 0 Å². The van der Waals surface area contributed by atoms with Gasteiger partial charge >= 0.3 is 0 Å². The molecule has 3 N–H and O–H groups in total. The molecule has 0 aliphatic carbocycles. The molecule has 1 aromatic rings. The fourth-order valence-corrected chi connectivity index (χ4v) is 1.44. The average molecular weight is 207 g/mol. The highest BCUT2D eigenvalue weighted by atomic mass is 15.0. The maximum absolute atomic E-state index is 5.56. The fourth-order valence-electron chi connectivity index (χ4n) is 1.44. The maximum Gasteiger partial charge on any atom is 0.126 e. The predicted octanol–water partition coefficient (Wildman–Crippen LogP) is 2.18. The van der Waals surface area contributed by atoms with Crippen LogP contribution in [-0.4, -0.2) is 18.1 Å². The van der Waals surface area contributed by atoms with Crippen molar-refractivity contribution in [2.45, 2.75) is 27.2 Å². The molecule has 84 valence electrons. The van der Waals surface area contributed by atoms with Crippen molar-refractivity contribution in [3.05, 3.63) is 23.9 Å². The molecule has 0 bridgehead atoms. The first kappa shape index (κ1) is 12.0. The van der Waals surface area contributed by atoms with Crippen molar-refractivity contribution in [2.75, 3.05) is 18.4 Å². The topological polar surface area (TPSA) is 50.9 Å². The van der Waals surface area contributed by atoms with Gasteiger partial charge in [0.25, 0.3) is 0 Å². The number of hydrogen-bond acceptors (Lipinski definition) is 3. The van der Waals surface area contributed by atoms with Gasteiger partial charge in [0.1, 0.15) is 5.82 Å². The van der Waals surface area contributed by atoms with E-state index in [4.69, 9.17) is 5.73 Å². The van der Waals surface area contributed by atoms with Crippen molar-refractivity contribution >= 4 is 5.82 Å². The van der Waals surface area contributed by atoms with Gasteiger partial charge in [0.05, 0.1) is 0 Å². The van der Waals surface area contributed by atoms with Crippen molar-refractivity contribution in [3.63, 3.8) is 0 Å². The van der Waals surface area contributed by atoms with Crippen LogP contribution in [0.5, 0.6) is 0 Å². The maximum atomic E-state index is 5.56. The van der Waals surface area contributed by atoms with Gasteiger partial charge in [0.15, 0.2) is 0 Å². The number of pyridine rings is 1. The summed E-state index contributed by atoms with van der Waals surface area (Å²) in [5.41, 5.74) is 7.01. The summed E-state index contributed by atoms with van der Waals surface area (Å²) >= 11 is 0. The van der Waals surface area contributed by atoms with E-state index in [-0.39, 0.29) is 5.41 Å². The Kier molecular flexibility index (Phi) is 4.09. The molecule has 3 nitrogen and oxygen atoms in total. The second-order valence-corrected chi connectivity index (χ2v) is 4.77. The SMILES string of the molecule is Cc1ccnc(NCC(C)(C)CCN)c1. The van der Waals surface area contributed by atoms with Crippen molar-refractivity contribution in [3.8, 4) is 0 Å². The highest BCUT2D eigenvalue weighted by Crippen LogP contribution is 2.19. The number of aromatic nitrogens is 1. The quantitative estimate of drug-likeness (QED) is 0.778. The van der Waals surface area contributed by atoms with E-state index >= 15 is 0 Å². The fraction of sp³-hybridized carbons (Fsp3) is 0.583. The Hall–Kier alpha value is -1.09. The zero-order valence-corrected chi connectivity index (χ0v) is 9.88. The van der Waals surface area contributed by atoms with E-state index in [0.717, 1.165) is 25.3 Å². The highest BCUT2D eigenvalue weighted by molar-refractivity contribution is 5.37. The summed E-state index contributed by atoms with van der Waals surface area (Å²) in [5.74, 6) is 0.945. The van der Waals surface area contributed by atoms with Crippen LogP contribution < -0.4 is 11.1 Å². The van der Waals surface area contributed by atoms with Gasteiger partial charge in [-0.05, 0) is 43.0 Å². The van der Waals surface area contributed by atoms with E-state index in [1.54, 1.807) is 0 Å². The van der Waals surface area contributed by atoms with Crippen LogP contribution >= 0.6 is 0 Å². The van der Waals surface area contributed by atoms with Crippen LogP contribution in [0, 0.1) is 12.3 Å². The summed E-state index contributed by atoms with van der Waals surface area (Å²) in [7, 11) is 0. The molecule has 0 unspecified atom stereocenters. The Balaban J connectivity index is 2.49. The van der Waals surface area contributed by atoms with E-state index in [9.17, 15) is 0 Å². The normalized spacial score (nSPS) is 11.5. The van der Waals surface area contributed by atoms with Crippen LogP contribution in [0.4, 0.5) is 5.82 Å². The van der Waals surface area contributed by atoms with Gasteiger partial charge in [-0.15, -0.1) is 0 Å². The molecule has 0 aliphatic heterocycles. The molecule has 1 rings (SSSR count). The van der Waals surface area contributed by atoms with Gasteiger partial charge in [0, 0.05) is 12.7 Å². The van der Waals surface area contributed by atoms with Gasteiger partial charge in [-0.2, -0.15) is 0 Å².